The lowest BCUT2D eigenvalue weighted by Crippen LogP contribution is -2.35. The van der Waals surface area contributed by atoms with Gasteiger partial charge in [0.05, 0.1) is 0 Å². The van der Waals surface area contributed by atoms with Gasteiger partial charge in [-0.1, -0.05) is 0 Å². The smallest absolute Gasteiger partial charge is 0.241 e. The van der Waals surface area contributed by atoms with E-state index in [0.29, 0.717) is 5.82 Å². The Bertz CT molecular complexity index is 327. The highest BCUT2D eigenvalue weighted by Gasteiger charge is 2.10. The summed E-state index contributed by atoms with van der Waals surface area (Å²) in [4.78, 5) is 18.8. The predicted octanol–water partition coefficient (Wildman–Crippen LogP) is -0.395. The van der Waals surface area contributed by atoms with Crippen LogP contribution in [0.2, 0.25) is 0 Å². The first-order valence-corrected chi connectivity index (χ1v) is 4.20. The third kappa shape index (κ3) is 2.58. The van der Waals surface area contributed by atoms with Gasteiger partial charge >= 0.3 is 0 Å². The maximum atomic E-state index is 11.2. The molecule has 6 nitrogen and oxygen atoms in total. The quantitative estimate of drug-likeness (QED) is 0.610. The van der Waals surface area contributed by atoms with Gasteiger partial charge in [-0.2, -0.15) is 4.98 Å². The van der Waals surface area contributed by atoms with Crippen LogP contribution in [0.1, 0.15) is 6.92 Å². The Labute approximate surface area is 81.9 Å². The minimum atomic E-state index is -0.353. The van der Waals surface area contributed by atoms with Gasteiger partial charge in [0.1, 0.15) is 11.9 Å². The number of amides is 1. The lowest BCUT2D eigenvalue weighted by Gasteiger charge is -2.12. The average Bonchev–Trinajstić information content (AvgIpc) is 2.16. The van der Waals surface area contributed by atoms with E-state index in [1.165, 1.54) is 6.20 Å². The number of hydrogen-bond donors (Lipinski definition) is 3. The van der Waals surface area contributed by atoms with Crippen molar-refractivity contribution in [2.75, 3.05) is 18.1 Å². The molecule has 0 saturated carbocycles. The van der Waals surface area contributed by atoms with E-state index in [9.17, 15) is 4.79 Å². The van der Waals surface area contributed by atoms with E-state index >= 15 is 0 Å². The molecule has 0 fully saturated rings. The van der Waals surface area contributed by atoms with E-state index in [2.05, 4.69) is 20.6 Å². The molecule has 14 heavy (non-hydrogen) atoms. The highest BCUT2D eigenvalue weighted by atomic mass is 16.2. The Morgan fingerprint density at radius 1 is 1.64 bits per heavy atom. The normalized spacial score (nSPS) is 11.9. The zero-order chi connectivity index (χ0) is 10.6. The molecule has 6 heteroatoms. The molecule has 76 valence electrons. The summed E-state index contributed by atoms with van der Waals surface area (Å²) >= 11 is 0. The van der Waals surface area contributed by atoms with E-state index in [-0.39, 0.29) is 17.9 Å². The number of carbonyl (C=O) groups is 1. The van der Waals surface area contributed by atoms with Crippen LogP contribution in [0.15, 0.2) is 12.3 Å². The minimum Gasteiger partial charge on any atom is -0.368 e. The van der Waals surface area contributed by atoms with Crippen molar-refractivity contribution in [1.82, 2.24) is 15.3 Å². The number of nitrogen functional groups attached to an aromatic ring is 1. The number of anilines is 2. The molecule has 0 saturated heterocycles. The number of carbonyl (C=O) groups excluding carboxylic acids is 1. The van der Waals surface area contributed by atoms with Crippen molar-refractivity contribution in [3.05, 3.63) is 12.3 Å². The fourth-order valence-electron chi connectivity index (χ4n) is 0.958. The maximum absolute atomic E-state index is 11.2. The van der Waals surface area contributed by atoms with Crippen molar-refractivity contribution in [2.24, 2.45) is 0 Å². The van der Waals surface area contributed by atoms with Crippen molar-refractivity contribution in [3.63, 3.8) is 0 Å². The van der Waals surface area contributed by atoms with E-state index < -0.39 is 0 Å². The van der Waals surface area contributed by atoms with Gasteiger partial charge in [0.25, 0.3) is 0 Å². The Hall–Kier alpha value is -1.85. The number of nitrogens with zero attached hydrogens (tertiary/aromatic N) is 2. The summed E-state index contributed by atoms with van der Waals surface area (Å²) in [5.41, 5.74) is 5.38. The fraction of sp³-hybridized carbons (Fsp3) is 0.375. The molecule has 1 amide bonds. The molecule has 1 aromatic heterocycles. The van der Waals surface area contributed by atoms with Crippen molar-refractivity contribution >= 4 is 17.7 Å². The second kappa shape index (κ2) is 4.40. The number of aromatic nitrogens is 2. The molecule has 0 spiro atoms. The third-order valence-electron chi connectivity index (χ3n) is 1.68. The van der Waals surface area contributed by atoms with Gasteiger partial charge in [0.15, 0.2) is 0 Å². The van der Waals surface area contributed by atoms with Crippen LogP contribution < -0.4 is 16.4 Å². The topological polar surface area (TPSA) is 92.9 Å². The van der Waals surface area contributed by atoms with Crippen LogP contribution in [0.4, 0.5) is 11.8 Å². The molecular weight excluding hydrogens is 182 g/mol. The summed E-state index contributed by atoms with van der Waals surface area (Å²) in [6.07, 6.45) is 1.53. The molecule has 0 aromatic carbocycles. The second-order valence-electron chi connectivity index (χ2n) is 2.78. The third-order valence-corrected chi connectivity index (χ3v) is 1.68. The van der Waals surface area contributed by atoms with Gasteiger partial charge in [-0.15, -0.1) is 0 Å². The average molecular weight is 195 g/mol. The van der Waals surface area contributed by atoms with Gasteiger partial charge in [-0.05, 0) is 13.0 Å². The van der Waals surface area contributed by atoms with Crippen LogP contribution in [0, 0.1) is 0 Å². The largest absolute Gasteiger partial charge is 0.368 e. The van der Waals surface area contributed by atoms with Crippen molar-refractivity contribution in [3.8, 4) is 0 Å². The van der Waals surface area contributed by atoms with Crippen LogP contribution in [-0.2, 0) is 4.79 Å². The van der Waals surface area contributed by atoms with Crippen LogP contribution in [0.5, 0.6) is 0 Å². The number of rotatable bonds is 3. The van der Waals surface area contributed by atoms with Crippen molar-refractivity contribution in [2.45, 2.75) is 13.0 Å². The zero-order valence-corrected chi connectivity index (χ0v) is 8.11. The lowest BCUT2D eigenvalue weighted by atomic mass is 10.3. The van der Waals surface area contributed by atoms with E-state index in [1.807, 2.05) is 0 Å². The first-order valence-electron chi connectivity index (χ1n) is 4.20. The predicted molar refractivity (Wildman–Crippen MR) is 53.6 cm³/mol. The summed E-state index contributed by atoms with van der Waals surface area (Å²) in [5, 5.41) is 5.41. The molecule has 4 N–H and O–H groups in total. The Morgan fingerprint density at radius 3 is 2.93 bits per heavy atom. The fourth-order valence-corrected chi connectivity index (χ4v) is 0.958. The van der Waals surface area contributed by atoms with E-state index in [0.717, 1.165) is 0 Å². The van der Waals surface area contributed by atoms with Crippen LogP contribution in [-0.4, -0.2) is 29.0 Å². The number of nitrogens with two attached hydrogens (primary N) is 1. The highest BCUT2D eigenvalue weighted by molar-refractivity contribution is 5.83. The van der Waals surface area contributed by atoms with E-state index in [1.54, 1.807) is 20.0 Å². The minimum absolute atomic E-state index is 0.109. The summed E-state index contributed by atoms with van der Waals surface area (Å²) in [6, 6.07) is 1.30. The van der Waals surface area contributed by atoms with Gasteiger partial charge in [-0.25, -0.2) is 4.98 Å². The number of likely N-dealkylation sites (N-methyl/N-ethyl adjacent to an activating group) is 1. The molecule has 1 heterocycles. The molecule has 1 atom stereocenters. The van der Waals surface area contributed by atoms with Gasteiger partial charge in [0.2, 0.25) is 11.9 Å². The highest BCUT2D eigenvalue weighted by Crippen LogP contribution is 2.04. The molecule has 0 aliphatic rings. The summed E-state index contributed by atoms with van der Waals surface area (Å²) in [7, 11) is 1.58. The molecule has 1 aromatic rings. The molecule has 1 unspecified atom stereocenters. The summed E-state index contributed by atoms with van der Waals surface area (Å²) in [6.45, 7) is 1.73. The SMILES string of the molecule is CNC(=O)C(C)Nc1ccnc(N)n1. The zero-order valence-electron chi connectivity index (χ0n) is 8.11. The first-order chi connectivity index (χ1) is 6.63. The van der Waals surface area contributed by atoms with Gasteiger partial charge in [0, 0.05) is 13.2 Å². The molecule has 0 bridgehead atoms. The van der Waals surface area contributed by atoms with Gasteiger partial charge < -0.3 is 16.4 Å². The Kier molecular flexibility index (Phi) is 3.22. The Balaban J connectivity index is 2.64. The maximum Gasteiger partial charge on any atom is 0.241 e. The van der Waals surface area contributed by atoms with Gasteiger partial charge in [-0.3, -0.25) is 4.79 Å². The van der Waals surface area contributed by atoms with Crippen LogP contribution in [0.25, 0.3) is 0 Å². The van der Waals surface area contributed by atoms with Crippen molar-refractivity contribution in [1.29, 1.82) is 0 Å². The molecule has 0 aliphatic heterocycles. The number of nitrogens with one attached hydrogen (secondary N) is 2. The summed E-state index contributed by atoms with van der Waals surface area (Å²) < 4.78 is 0. The van der Waals surface area contributed by atoms with E-state index in [4.69, 9.17) is 5.73 Å². The lowest BCUT2D eigenvalue weighted by molar-refractivity contribution is -0.121. The monoisotopic (exact) mass is 195 g/mol. The molecule has 0 aliphatic carbocycles. The van der Waals surface area contributed by atoms with Crippen molar-refractivity contribution < 1.29 is 4.79 Å². The van der Waals surface area contributed by atoms with Crippen LogP contribution >= 0.6 is 0 Å². The molecular formula is C8H13N5O. The summed E-state index contributed by atoms with van der Waals surface area (Å²) in [5.74, 6) is 0.606. The second-order valence-corrected chi connectivity index (χ2v) is 2.78. The number of hydrogen-bond acceptors (Lipinski definition) is 5. The van der Waals surface area contributed by atoms with Crippen LogP contribution in [0.3, 0.4) is 0 Å². The first kappa shape index (κ1) is 10.2. The molecule has 0 radical (unpaired) electrons. The molecule has 1 rings (SSSR count). The Morgan fingerprint density at radius 2 is 2.36 bits per heavy atom. The standard InChI is InChI=1S/C8H13N5O/c1-5(7(14)10-2)12-6-3-4-11-8(9)13-6/h3-5H,1-2H3,(H,10,14)(H3,9,11,12,13).